The van der Waals surface area contributed by atoms with Crippen molar-refractivity contribution in [3.63, 3.8) is 0 Å². The van der Waals surface area contributed by atoms with Gasteiger partial charge in [-0.2, -0.15) is 0 Å². The molecule has 0 saturated carbocycles. The van der Waals surface area contributed by atoms with E-state index in [0.717, 1.165) is 58.1 Å². The molecule has 3 aromatic carbocycles. The standard InChI is InChI=1S/C29H27N3O4/c1-19-24-18-27(29(33)34)32(20-7-10-23(11-8-20)36-22-5-3-2-4-6-22)28(24)25-17-21(9-12-26(25)30-19)31-13-15-35-16-14-31/h2-12,17,27H,13-16,18H2,1H3,(H,33,34). The number of fused-ring (bicyclic) bond motifs is 3. The van der Waals surface area contributed by atoms with Gasteiger partial charge in [-0.15, -0.1) is 0 Å². The first-order chi connectivity index (χ1) is 17.6. The summed E-state index contributed by atoms with van der Waals surface area (Å²) in [5, 5.41) is 11.1. The van der Waals surface area contributed by atoms with Crippen LogP contribution in [0, 0.1) is 6.92 Å². The maximum Gasteiger partial charge on any atom is 0.327 e. The third kappa shape index (κ3) is 4.01. The van der Waals surface area contributed by atoms with Gasteiger partial charge in [-0.05, 0) is 61.5 Å². The first-order valence-electron chi connectivity index (χ1n) is 12.2. The number of hydrogen-bond donors (Lipinski definition) is 1. The van der Waals surface area contributed by atoms with E-state index in [1.807, 2.05) is 72.5 Å². The fraction of sp³-hybridized carbons (Fsp3) is 0.241. The quantitative estimate of drug-likeness (QED) is 0.414. The summed E-state index contributed by atoms with van der Waals surface area (Å²) in [6.07, 6.45) is 0.406. The lowest BCUT2D eigenvalue weighted by Gasteiger charge is -2.30. The molecule has 7 heteroatoms. The van der Waals surface area contributed by atoms with Crippen LogP contribution >= 0.6 is 0 Å². The highest BCUT2D eigenvalue weighted by molar-refractivity contribution is 6.02. The molecule has 36 heavy (non-hydrogen) atoms. The Morgan fingerprint density at radius 1 is 0.972 bits per heavy atom. The molecule has 6 rings (SSSR count). The molecule has 0 aliphatic carbocycles. The lowest BCUT2D eigenvalue weighted by molar-refractivity contribution is -0.138. The Morgan fingerprint density at radius 2 is 1.67 bits per heavy atom. The van der Waals surface area contributed by atoms with Gasteiger partial charge >= 0.3 is 5.97 Å². The number of hydrogen-bond acceptors (Lipinski definition) is 6. The molecule has 1 unspecified atom stereocenters. The second kappa shape index (κ2) is 9.17. The van der Waals surface area contributed by atoms with Crippen molar-refractivity contribution in [1.82, 2.24) is 4.98 Å². The van der Waals surface area contributed by atoms with E-state index in [-0.39, 0.29) is 0 Å². The second-order valence-corrected chi connectivity index (χ2v) is 9.16. The Bertz CT molecular complexity index is 1420. The lowest BCUT2D eigenvalue weighted by Crippen LogP contribution is -2.36. The first kappa shape index (κ1) is 22.4. The second-order valence-electron chi connectivity index (χ2n) is 9.16. The third-order valence-electron chi connectivity index (χ3n) is 6.95. The Kier molecular flexibility index (Phi) is 5.70. The number of aryl methyl sites for hydroxylation is 1. The summed E-state index contributed by atoms with van der Waals surface area (Å²) in [6.45, 7) is 5.03. The van der Waals surface area contributed by atoms with Crippen molar-refractivity contribution in [3.05, 3.63) is 84.1 Å². The van der Waals surface area contributed by atoms with Crippen LogP contribution < -0.4 is 14.5 Å². The molecule has 1 aromatic heterocycles. The average molecular weight is 482 g/mol. The van der Waals surface area contributed by atoms with Gasteiger partial charge in [-0.1, -0.05) is 18.2 Å². The highest BCUT2D eigenvalue weighted by Gasteiger charge is 2.38. The largest absolute Gasteiger partial charge is 0.480 e. The minimum absolute atomic E-state index is 0.406. The number of pyridine rings is 1. The van der Waals surface area contributed by atoms with Crippen molar-refractivity contribution in [2.75, 3.05) is 36.1 Å². The van der Waals surface area contributed by atoms with E-state index >= 15 is 0 Å². The predicted molar refractivity (Wildman–Crippen MR) is 140 cm³/mol. The zero-order valence-electron chi connectivity index (χ0n) is 20.1. The highest BCUT2D eigenvalue weighted by atomic mass is 16.5. The zero-order valence-corrected chi connectivity index (χ0v) is 20.1. The van der Waals surface area contributed by atoms with Gasteiger partial charge in [0.05, 0.1) is 24.4 Å². The number of morpholine rings is 1. The number of benzene rings is 3. The summed E-state index contributed by atoms with van der Waals surface area (Å²) < 4.78 is 11.5. The van der Waals surface area contributed by atoms with Crippen LogP contribution in [0.1, 0.15) is 11.3 Å². The molecule has 1 fully saturated rings. The number of anilines is 3. The van der Waals surface area contributed by atoms with Crippen molar-refractivity contribution in [2.45, 2.75) is 19.4 Å². The Morgan fingerprint density at radius 3 is 2.39 bits per heavy atom. The van der Waals surface area contributed by atoms with Gasteiger partial charge in [0.1, 0.15) is 17.5 Å². The van der Waals surface area contributed by atoms with Crippen LogP contribution in [0.25, 0.3) is 10.9 Å². The molecule has 2 aliphatic rings. The van der Waals surface area contributed by atoms with Crippen LogP contribution in [0.15, 0.2) is 72.8 Å². The molecule has 7 nitrogen and oxygen atoms in total. The predicted octanol–water partition coefficient (Wildman–Crippen LogP) is 5.32. The normalized spacial score (nSPS) is 17.3. The van der Waals surface area contributed by atoms with E-state index in [0.29, 0.717) is 25.4 Å². The van der Waals surface area contributed by atoms with Crippen molar-refractivity contribution in [1.29, 1.82) is 0 Å². The minimum atomic E-state index is -0.854. The van der Waals surface area contributed by atoms with Crippen LogP contribution in [0.4, 0.5) is 17.1 Å². The number of nitrogens with zero attached hydrogens (tertiary/aromatic N) is 3. The number of rotatable bonds is 5. The number of para-hydroxylation sites is 1. The number of carboxylic acid groups (broad SMARTS) is 1. The van der Waals surface area contributed by atoms with Crippen LogP contribution in [-0.2, 0) is 16.0 Å². The summed E-state index contributed by atoms with van der Waals surface area (Å²) in [6, 6.07) is 22.8. The van der Waals surface area contributed by atoms with Gasteiger partial charge in [0.2, 0.25) is 0 Å². The van der Waals surface area contributed by atoms with E-state index in [2.05, 4.69) is 17.0 Å². The summed E-state index contributed by atoms with van der Waals surface area (Å²) >= 11 is 0. The smallest absolute Gasteiger partial charge is 0.327 e. The van der Waals surface area contributed by atoms with Crippen molar-refractivity contribution in [2.24, 2.45) is 0 Å². The topological polar surface area (TPSA) is 75.1 Å². The number of aromatic nitrogens is 1. The van der Waals surface area contributed by atoms with Crippen molar-refractivity contribution < 1.29 is 19.4 Å². The molecule has 0 spiro atoms. The molecule has 3 heterocycles. The summed E-state index contributed by atoms with van der Waals surface area (Å²) in [7, 11) is 0. The van der Waals surface area contributed by atoms with E-state index < -0.39 is 12.0 Å². The molecule has 0 amide bonds. The van der Waals surface area contributed by atoms with E-state index in [1.54, 1.807) is 0 Å². The SMILES string of the molecule is Cc1nc2ccc(N3CCOCC3)cc2c2c1CC(C(=O)O)N2c1ccc(Oc2ccccc2)cc1. The molecular formula is C29H27N3O4. The molecular weight excluding hydrogens is 454 g/mol. The summed E-state index contributed by atoms with van der Waals surface area (Å²) in [4.78, 5) is 21.5. The van der Waals surface area contributed by atoms with Gasteiger partial charge in [-0.3, -0.25) is 4.98 Å². The monoisotopic (exact) mass is 481 g/mol. The molecule has 182 valence electrons. The van der Waals surface area contributed by atoms with E-state index in [4.69, 9.17) is 14.5 Å². The van der Waals surface area contributed by atoms with Crippen molar-refractivity contribution in [3.8, 4) is 11.5 Å². The highest BCUT2D eigenvalue weighted by Crippen LogP contribution is 2.45. The Hall–Kier alpha value is -4.10. The van der Waals surface area contributed by atoms with Gasteiger partial charge in [0.15, 0.2) is 0 Å². The van der Waals surface area contributed by atoms with Crippen LogP contribution in [0.3, 0.4) is 0 Å². The van der Waals surface area contributed by atoms with Crippen LogP contribution in [-0.4, -0.2) is 48.4 Å². The molecule has 1 atom stereocenters. The number of carboxylic acids is 1. The molecule has 4 aromatic rings. The summed E-state index contributed by atoms with van der Waals surface area (Å²) in [5.41, 5.74) is 5.56. The summed E-state index contributed by atoms with van der Waals surface area (Å²) in [5.74, 6) is 0.595. The Balaban J connectivity index is 1.43. The lowest BCUT2D eigenvalue weighted by atomic mass is 10.0. The molecule has 1 N–H and O–H groups in total. The molecule has 1 saturated heterocycles. The number of ether oxygens (including phenoxy) is 2. The van der Waals surface area contributed by atoms with Gasteiger partial charge in [0, 0.05) is 47.5 Å². The maximum absolute atomic E-state index is 12.4. The fourth-order valence-electron chi connectivity index (χ4n) is 5.18. The fourth-order valence-corrected chi connectivity index (χ4v) is 5.18. The van der Waals surface area contributed by atoms with Gasteiger partial charge in [0.25, 0.3) is 0 Å². The zero-order chi connectivity index (χ0) is 24.6. The maximum atomic E-state index is 12.4. The Labute approximate surface area is 209 Å². The third-order valence-corrected chi connectivity index (χ3v) is 6.95. The van der Waals surface area contributed by atoms with Gasteiger partial charge in [-0.25, -0.2) is 4.79 Å². The van der Waals surface area contributed by atoms with E-state index in [9.17, 15) is 9.90 Å². The molecule has 0 radical (unpaired) electrons. The molecule has 0 bridgehead atoms. The van der Waals surface area contributed by atoms with E-state index in [1.165, 1.54) is 0 Å². The van der Waals surface area contributed by atoms with Crippen LogP contribution in [0.5, 0.6) is 11.5 Å². The van der Waals surface area contributed by atoms with Gasteiger partial charge < -0.3 is 24.4 Å². The first-order valence-corrected chi connectivity index (χ1v) is 12.2. The van der Waals surface area contributed by atoms with Crippen molar-refractivity contribution >= 4 is 33.9 Å². The average Bonchev–Trinajstić information content (AvgIpc) is 3.32. The van der Waals surface area contributed by atoms with Crippen LogP contribution in [0.2, 0.25) is 0 Å². The number of carbonyl (C=O) groups is 1. The number of aliphatic carboxylic acids is 1. The minimum Gasteiger partial charge on any atom is -0.480 e. The molecule has 2 aliphatic heterocycles.